The molecule has 1 aliphatic heterocycles. The zero-order valence-electron chi connectivity index (χ0n) is 17.2. The van der Waals surface area contributed by atoms with Crippen molar-refractivity contribution in [3.8, 4) is 0 Å². The normalized spacial score (nSPS) is 21.1. The molecule has 2 aliphatic rings. The molecule has 6 heteroatoms. The molecular formula is C22H34N2O3S. The smallest absolute Gasteiger partial charge is 0.243 e. The lowest BCUT2D eigenvalue weighted by atomic mass is 9.94. The van der Waals surface area contributed by atoms with E-state index in [1.165, 1.54) is 32.1 Å². The highest BCUT2D eigenvalue weighted by Gasteiger charge is 2.33. The summed E-state index contributed by atoms with van der Waals surface area (Å²) in [4.78, 5) is 13.1. The molecule has 2 fully saturated rings. The Balaban J connectivity index is 1.57. The SMILES string of the molecule is Cc1ccc(C)c(S(=O)(=O)N2CCC(C(=O)NC3CCCCCCC3)CC2)c1. The standard InChI is InChI=1S/C22H34N2O3S/c1-17-10-11-18(2)21(16-17)28(26,27)24-14-12-19(13-15-24)22(25)23-20-8-6-4-3-5-7-9-20/h10-11,16,19-20H,3-9,12-15H2,1-2H3,(H,23,25). The first-order valence-electron chi connectivity index (χ1n) is 10.8. The molecule has 1 aromatic rings. The van der Waals surface area contributed by atoms with Gasteiger partial charge in [0.15, 0.2) is 0 Å². The summed E-state index contributed by atoms with van der Waals surface area (Å²) in [5, 5.41) is 3.25. The van der Waals surface area contributed by atoms with E-state index in [1.807, 2.05) is 26.0 Å². The van der Waals surface area contributed by atoms with Gasteiger partial charge in [-0.25, -0.2) is 8.42 Å². The Kier molecular flexibility index (Phi) is 7.15. The summed E-state index contributed by atoms with van der Waals surface area (Å²) in [6.07, 6.45) is 9.58. The maximum atomic E-state index is 13.0. The number of nitrogens with one attached hydrogen (secondary N) is 1. The first-order chi connectivity index (χ1) is 13.4. The van der Waals surface area contributed by atoms with Gasteiger partial charge in [0.05, 0.1) is 4.90 Å². The van der Waals surface area contributed by atoms with Crippen LogP contribution < -0.4 is 5.32 Å². The van der Waals surface area contributed by atoms with Crippen LogP contribution in [0.3, 0.4) is 0 Å². The van der Waals surface area contributed by atoms with E-state index in [0.29, 0.717) is 36.9 Å². The maximum absolute atomic E-state index is 13.0. The van der Waals surface area contributed by atoms with Crippen LogP contribution in [0.4, 0.5) is 0 Å². The molecule has 1 amide bonds. The van der Waals surface area contributed by atoms with E-state index >= 15 is 0 Å². The lowest BCUT2D eigenvalue weighted by molar-refractivity contribution is -0.127. The molecule has 0 aromatic heterocycles. The number of nitrogens with zero attached hydrogens (tertiary/aromatic N) is 1. The summed E-state index contributed by atoms with van der Waals surface area (Å²) >= 11 is 0. The van der Waals surface area contributed by atoms with Crippen molar-refractivity contribution in [2.24, 2.45) is 5.92 Å². The third-order valence-electron chi connectivity index (χ3n) is 6.24. The minimum atomic E-state index is -3.50. The number of aryl methyl sites for hydroxylation is 2. The van der Waals surface area contributed by atoms with E-state index in [-0.39, 0.29) is 11.8 Å². The van der Waals surface area contributed by atoms with E-state index in [0.717, 1.165) is 24.0 Å². The molecule has 156 valence electrons. The van der Waals surface area contributed by atoms with Gasteiger partial charge in [-0.2, -0.15) is 4.31 Å². The number of piperidine rings is 1. The molecule has 5 nitrogen and oxygen atoms in total. The van der Waals surface area contributed by atoms with Gasteiger partial charge in [-0.15, -0.1) is 0 Å². The molecule has 1 aliphatic carbocycles. The van der Waals surface area contributed by atoms with E-state index in [1.54, 1.807) is 10.4 Å². The monoisotopic (exact) mass is 406 g/mol. The number of carbonyl (C=O) groups excluding carboxylic acids is 1. The molecule has 1 saturated carbocycles. The predicted octanol–water partition coefficient (Wildman–Crippen LogP) is 3.93. The van der Waals surface area contributed by atoms with Crippen molar-refractivity contribution in [2.75, 3.05) is 13.1 Å². The summed E-state index contributed by atoms with van der Waals surface area (Å²) in [7, 11) is -3.50. The largest absolute Gasteiger partial charge is 0.353 e. The van der Waals surface area contributed by atoms with Crippen LogP contribution in [0.25, 0.3) is 0 Å². The van der Waals surface area contributed by atoms with Gasteiger partial charge < -0.3 is 5.32 Å². The van der Waals surface area contributed by atoms with E-state index in [4.69, 9.17) is 0 Å². The molecule has 0 spiro atoms. The minimum absolute atomic E-state index is 0.0736. The summed E-state index contributed by atoms with van der Waals surface area (Å²) in [6.45, 7) is 4.57. The van der Waals surface area contributed by atoms with Gasteiger partial charge >= 0.3 is 0 Å². The molecule has 1 saturated heterocycles. The van der Waals surface area contributed by atoms with Crippen LogP contribution in [0.5, 0.6) is 0 Å². The Hall–Kier alpha value is -1.40. The van der Waals surface area contributed by atoms with E-state index in [9.17, 15) is 13.2 Å². The average molecular weight is 407 g/mol. The molecule has 1 aromatic carbocycles. The molecule has 1 heterocycles. The molecular weight excluding hydrogens is 372 g/mol. The molecule has 28 heavy (non-hydrogen) atoms. The second-order valence-electron chi connectivity index (χ2n) is 8.50. The Morgan fingerprint density at radius 2 is 1.57 bits per heavy atom. The number of sulfonamides is 1. The van der Waals surface area contributed by atoms with Crippen molar-refractivity contribution in [1.29, 1.82) is 0 Å². The highest BCUT2D eigenvalue weighted by molar-refractivity contribution is 7.89. The van der Waals surface area contributed by atoms with Crippen LogP contribution in [-0.2, 0) is 14.8 Å². The van der Waals surface area contributed by atoms with Gasteiger partial charge in [-0.3, -0.25) is 4.79 Å². The van der Waals surface area contributed by atoms with Crippen molar-refractivity contribution in [1.82, 2.24) is 9.62 Å². The molecule has 0 bridgehead atoms. The predicted molar refractivity (Wildman–Crippen MR) is 112 cm³/mol. The molecule has 1 N–H and O–H groups in total. The minimum Gasteiger partial charge on any atom is -0.353 e. The summed E-state index contributed by atoms with van der Waals surface area (Å²) in [5.41, 5.74) is 1.72. The summed E-state index contributed by atoms with van der Waals surface area (Å²) < 4.78 is 27.6. The van der Waals surface area contributed by atoms with E-state index in [2.05, 4.69) is 5.32 Å². The zero-order valence-corrected chi connectivity index (χ0v) is 18.1. The maximum Gasteiger partial charge on any atom is 0.243 e. The van der Waals surface area contributed by atoms with Crippen molar-refractivity contribution >= 4 is 15.9 Å². The van der Waals surface area contributed by atoms with Crippen molar-refractivity contribution < 1.29 is 13.2 Å². The fourth-order valence-corrected chi connectivity index (χ4v) is 6.18. The molecule has 0 radical (unpaired) electrons. The number of benzene rings is 1. The first-order valence-corrected chi connectivity index (χ1v) is 12.2. The Morgan fingerprint density at radius 1 is 0.964 bits per heavy atom. The molecule has 0 unspecified atom stereocenters. The number of hydrogen-bond acceptors (Lipinski definition) is 3. The Labute approximate surface area is 169 Å². The number of rotatable bonds is 4. The van der Waals surface area contributed by atoms with E-state index < -0.39 is 10.0 Å². The van der Waals surface area contributed by atoms with Crippen LogP contribution in [-0.4, -0.2) is 37.8 Å². The Bertz CT molecular complexity index is 775. The fourth-order valence-electron chi connectivity index (χ4n) is 4.40. The quantitative estimate of drug-likeness (QED) is 0.824. The van der Waals surface area contributed by atoms with Crippen molar-refractivity contribution in [3.63, 3.8) is 0 Å². The highest BCUT2D eigenvalue weighted by Crippen LogP contribution is 2.27. The second-order valence-corrected chi connectivity index (χ2v) is 10.4. The van der Waals surface area contributed by atoms with Crippen LogP contribution in [0, 0.1) is 19.8 Å². The zero-order chi connectivity index (χ0) is 20.1. The Morgan fingerprint density at radius 3 is 2.21 bits per heavy atom. The third kappa shape index (κ3) is 5.15. The van der Waals surface area contributed by atoms with Crippen molar-refractivity contribution in [2.45, 2.75) is 82.6 Å². The van der Waals surface area contributed by atoms with Crippen LogP contribution in [0.1, 0.15) is 68.9 Å². The fraction of sp³-hybridized carbons (Fsp3) is 0.682. The molecule has 3 rings (SSSR count). The van der Waals surface area contributed by atoms with Crippen LogP contribution in [0.2, 0.25) is 0 Å². The first kappa shape index (κ1) is 21.3. The van der Waals surface area contributed by atoms with Gasteiger partial charge in [0.1, 0.15) is 0 Å². The highest BCUT2D eigenvalue weighted by atomic mass is 32.2. The lowest BCUT2D eigenvalue weighted by Gasteiger charge is -2.32. The summed E-state index contributed by atoms with van der Waals surface area (Å²) in [6, 6.07) is 5.83. The van der Waals surface area contributed by atoms with Crippen LogP contribution >= 0.6 is 0 Å². The summed E-state index contributed by atoms with van der Waals surface area (Å²) in [5.74, 6) is 0.0462. The number of amides is 1. The van der Waals surface area contributed by atoms with Gasteiger partial charge in [0, 0.05) is 25.0 Å². The average Bonchev–Trinajstić information content (AvgIpc) is 2.65. The van der Waals surface area contributed by atoms with Gasteiger partial charge in [0.25, 0.3) is 0 Å². The number of carbonyl (C=O) groups is 1. The third-order valence-corrected chi connectivity index (χ3v) is 8.28. The lowest BCUT2D eigenvalue weighted by Crippen LogP contribution is -2.45. The van der Waals surface area contributed by atoms with Gasteiger partial charge in [-0.05, 0) is 56.7 Å². The second kappa shape index (κ2) is 9.40. The van der Waals surface area contributed by atoms with Gasteiger partial charge in [0.2, 0.25) is 15.9 Å². The molecule has 0 atom stereocenters. The topological polar surface area (TPSA) is 66.5 Å². The van der Waals surface area contributed by atoms with Crippen LogP contribution in [0.15, 0.2) is 23.1 Å². The number of hydrogen-bond donors (Lipinski definition) is 1. The van der Waals surface area contributed by atoms with Gasteiger partial charge in [-0.1, -0.05) is 44.2 Å². The van der Waals surface area contributed by atoms with Crippen molar-refractivity contribution in [3.05, 3.63) is 29.3 Å².